The summed E-state index contributed by atoms with van der Waals surface area (Å²) in [6.07, 6.45) is 4.88. The van der Waals surface area contributed by atoms with E-state index in [1.165, 1.54) is 6.33 Å². The van der Waals surface area contributed by atoms with Crippen LogP contribution in [0.15, 0.2) is 18.6 Å². The van der Waals surface area contributed by atoms with E-state index in [0.717, 1.165) is 12.8 Å². The Morgan fingerprint density at radius 3 is 2.89 bits per heavy atom. The van der Waals surface area contributed by atoms with Crippen molar-refractivity contribution in [2.75, 3.05) is 26.3 Å². The monoisotopic (exact) mass is 265 g/mol. The fourth-order valence-corrected chi connectivity index (χ4v) is 2.02. The van der Waals surface area contributed by atoms with Gasteiger partial charge in [0.1, 0.15) is 19.0 Å². The summed E-state index contributed by atoms with van der Waals surface area (Å²) in [5.41, 5.74) is 0. The minimum absolute atomic E-state index is 0.0577. The number of aromatic nitrogens is 2. The first kappa shape index (κ1) is 13.7. The van der Waals surface area contributed by atoms with Crippen molar-refractivity contribution in [3.05, 3.63) is 18.6 Å². The summed E-state index contributed by atoms with van der Waals surface area (Å²) in [4.78, 5) is 21.5. The van der Waals surface area contributed by atoms with Crippen LogP contribution in [-0.2, 0) is 9.53 Å². The summed E-state index contributed by atoms with van der Waals surface area (Å²) in [6, 6.07) is 1.74. The maximum atomic E-state index is 11.8. The molecule has 1 aromatic rings. The molecule has 2 rings (SSSR count). The third-order valence-corrected chi connectivity index (χ3v) is 3.07. The fraction of sp³-hybridized carbons (Fsp3) is 0.615. The van der Waals surface area contributed by atoms with E-state index in [1.807, 2.05) is 11.8 Å². The zero-order chi connectivity index (χ0) is 13.5. The molecule has 0 spiro atoms. The summed E-state index contributed by atoms with van der Waals surface area (Å²) >= 11 is 0. The first-order chi connectivity index (χ1) is 9.29. The van der Waals surface area contributed by atoms with E-state index in [9.17, 15) is 4.79 Å². The molecule has 0 unspecified atom stereocenters. The van der Waals surface area contributed by atoms with Crippen molar-refractivity contribution < 1.29 is 14.3 Å². The van der Waals surface area contributed by atoms with Gasteiger partial charge < -0.3 is 14.4 Å². The van der Waals surface area contributed by atoms with Crippen molar-refractivity contribution in [3.63, 3.8) is 0 Å². The number of likely N-dealkylation sites (tertiary alicyclic amines) is 1. The highest BCUT2D eigenvalue weighted by molar-refractivity contribution is 5.77. The molecule has 104 valence electrons. The molecule has 0 atom stereocenters. The normalized spacial score (nSPS) is 16.4. The van der Waals surface area contributed by atoms with Crippen molar-refractivity contribution >= 4 is 5.91 Å². The van der Waals surface area contributed by atoms with Gasteiger partial charge in [0, 0.05) is 44.8 Å². The molecule has 0 radical (unpaired) electrons. The van der Waals surface area contributed by atoms with Crippen molar-refractivity contribution in [2.24, 2.45) is 0 Å². The van der Waals surface area contributed by atoms with Gasteiger partial charge in [0.25, 0.3) is 0 Å². The van der Waals surface area contributed by atoms with Gasteiger partial charge in [0.05, 0.1) is 0 Å². The predicted molar refractivity (Wildman–Crippen MR) is 68.8 cm³/mol. The standard InChI is InChI=1S/C13H19N3O3/c1-2-18-9-13(17)16-7-4-11(5-8-16)19-12-3-6-14-10-15-12/h3,6,10-11H,2,4-5,7-9H2,1H3. The molecular formula is C13H19N3O3. The second-order valence-corrected chi connectivity index (χ2v) is 4.38. The molecule has 2 heterocycles. The van der Waals surface area contributed by atoms with E-state index < -0.39 is 0 Å². The molecule has 0 aliphatic carbocycles. The van der Waals surface area contributed by atoms with Gasteiger partial charge in [-0.2, -0.15) is 0 Å². The lowest BCUT2D eigenvalue weighted by Crippen LogP contribution is -2.43. The number of rotatable bonds is 5. The van der Waals surface area contributed by atoms with E-state index in [2.05, 4.69) is 9.97 Å². The molecule has 1 aromatic heterocycles. The first-order valence-corrected chi connectivity index (χ1v) is 6.57. The van der Waals surface area contributed by atoms with Gasteiger partial charge in [-0.05, 0) is 6.92 Å². The average Bonchev–Trinajstić information content (AvgIpc) is 2.46. The highest BCUT2D eigenvalue weighted by Crippen LogP contribution is 2.16. The molecule has 1 aliphatic heterocycles. The van der Waals surface area contributed by atoms with Crippen LogP contribution in [-0.4, -0.2) is 53.2 Å². The number of carbonyl (C=O) groups excluding carboxylic acids is 1. The molecule has 0 bridgehead atoms. The van der Waals surface area contributed by atoms with E-state index in [1.54, 1.807) is 12.3 Å². The molecule has 6 heteroatoms. The van der Waals surface area contributed by atoms with E-state index in [0.29, 0.717) is 25.6 Å². The van der Waals surface area contributed by atoms with Gasteiger partial charge in [0.2, 0.25) is 11.8 Å². The van der Waals surface area contributed by atoms with Crippen LogP contribution in [0.25, 0.3) is 0 Å². The highest BCUT2D eigenvalue weighted by Gasteiger charge is 2.23. The number of carbonyl (C=O) groups is 1. The Hall–Kier alpha value is -1.69. The molecular weight excluding hydrogens is 246 g/mol. The summed E-state index contributed by atoms with van der Waals surface area (Å²) in [5.74, 6) is 0.649. The molecule has 1 fully saturated rings. The second kappa shape index (κ2) is 7.04. The van der Waals surface area contributed by atoms with E-state index >= 15 is 0 Å². The zero-order valence-corrected chi connectivity index (χ0v) is 11.1. The van der Waals surface area contributed by atoms with Gasteiger partial charge in [0.15, 0.2) is 0 Å². The minimum Gasteiger partial charge on any atom is -0.474 e. The predicted octanol–water partition coefficient (Wildman–Crippen LogP) is 0.883. The minimum atomic E-state index is 0.0577. The Bertz CT molecular complexity index is 391. The Balaban J connectivity index is 1.75. The van der Waals surface area contributed by atoms with Crippen molar-refractivity contribution in [2.45, 2.75) is 25.9 Å². The largest absolute Gasteiger partial charge is 0.474 e. The van der Waals surface area contributed by atoms with Gasteiger partial charge >= 0.3 is 0 Å². The maximum Gasteiger partial charge on any atom is 0.248 e. The van der Waals surface area contributed by atoms with Crippen LogP contribution in [0.3, 0.4) is 0 Å². The molecule has 1 amide bonds. The van der Waals surface area contributed by atoms with Crippen LogP contribution in [0.1, 0.15) is 19.8 Å². The lowest BCUT2D eigenvalue weighted by Gasteiger charge is -2.31. The number of piperidine rings is 1. The number of ether oxygens (including phenoxy) is 2. The Morgan fingerprint density at radius 2 is 2.26 bits per heavy atom. The number of hydrogen-bond donors (Lipinski definition) is 0. The smallest absolute Gasteiger partial charge is 0.248 e. The van der Waals surface area contributed by atoms with Gasteiger partial charge in [-0.3, -0.25) is 4.79 Å². The Labute approximate surface area is 112 Å². The van der Waals surface area contributed by atoms with E-state index in [4.69, 9.17) is 9.47 Å². The van der Waals surface area contributed by atoms with Gasteiger partial charge in [-0.25, -0.2) is 9.97 Å². The number of amides is 1. The van der Waals surface area contributed by atoms with E-state index in [-0.39, 0.29) is 18.6 Å². The van der Waals surface area contributed by atoms with Crippen LogP contribution in [0, 0.1) is 0 Å². The lowest BCUT2D eigenvalue weighted by molar-refractivity contribution is -0.137. The topological polar surface area (TPSA) is 64.5 Å². The summed E-state index contributed by atoms with van der Waals surface area (Å²) in [6.45, 7) is 4.05. The van der Waals surface area contributed by atoms with Crippen LogP contribution in [0.2, 0.25) is 0 Å². The van der Waals surface area contributed by atoms with Crippen LogP contribution < -0.4 is 4.74 Å². The summed E-state index contributed by atoms with van der Waals surface area (Å²) in [7, 11) is 0. The van der Waals surface area contributed by atoms with Crippen LogP contribution >= 0.6 is 0 Å². The van der Waals surface area contributed by atoms with Gasteiger partial charge in [-0.1, -0.05) is 0 Å². The Morgan fingerprint density at radius 1 is 1.47 bits per heavy atom. The molecule has 6 nitrogen and oxygen atoms in total. The van der Waals surface area contributed by atoms with Crippen molar-refractivity contribution in [1.29, 1.82) is 0 Å². The third kappa shape index (κ3) is 4.17. The molecule has 1 aliphatic rings. The zero-order valence-electron chi connectivity index (χ0n) is 11.1. The lowest BCUT2D eigenvalue weighted by atomic mass is 10.1. The highest BCUT2D eigenvalue weighted by atomic mass is 16.5. The van der Waals surface area contributed by atoms with Crippen LogP contribution in [0.4, 0.5) is 0 Å². The van der Waals surface area contributed by atoms with Crippen molar-refractivity contribution in [3.8, 4) is 5.88 Å². The summed E-state index contributed by atoms with van der Waals surface area (Å²) in [5, 5.41) is 0. The maximum absolute atomic E-state index is 11.8. The Kier molecular flexibility index (Phi) is 5.09. The molecule has 0 N–H and O–H groups in total. The molecule has 0 saturated carbocycles. The number of nitrogens with zero attached hydrogens (tertiary/aromatic N) is 3. The summed E-state index contributed by atoms with van der Waals surface area (Å²) < 4.78 is 10.9. The van der Waals surface area contributed by atoms with Gasteiger partial charge in [-0.15, -0.1) is 0 Å². The second-order valence-electron chi connectivity index (χ2n) is 4.38. The molecule has 1 saturated heterocycles. The number of hydrogen-bond acceptors (Lipinski definition) is 5. The van der Waals surface area contributed by atoms with Crippen LogP contribution in [0.5, 0.6) is 5.88 Å². The first-order valence-electron chi connectivity index (χ1n) is 6.57. The third-order valence-electron chi connectivity index (χ3n) is 3.07. The quantitative estimate of drug-likeness (QED) is 0.791. The molecule has 19 heavy (non-hydrogen) atoms. The average molecular weight is 265 g/mol. The molecule has 0 aromatic carbocycles. The SMILES string of the molecule is CCOCC(=O)N1CCC(Oc2ccncn2)CC1. The fourth-order valence-electron chi connectivity index (χ4n) is 2.02. The van der Waals surface area contributed by atoms with Crippen molar-refractivity contribution in [1.82, 2.24) is 14.9 Å².